The molecule has 30 heavy (non-hydrogen) atoms. The number of nitrogens with one attached hydrogen (secondary N) is 2. The van der Waals surface area contributed by atoms with E-state index < -0.39 is 23.6 Å². The van der Waals surface area contributed by atoms with Gasteiger partial charge in [-0.25, -0.2) is 4.98 Å². The van der Waals surface area contributed by atoms with E-state index in [0.717, 1.165) is 0 Å². The molecule has 12 nitrogen and oxygen atoms in total. The zero-order valence-electron chi connectivity index (χ0n) is 17.1. The summed E-state index contributed by atoms with van der Waals surface area (Å²) in [5.74, 6) is -1.15. The highest BCUT2D eigenvalue weighted by molar-refractivity contribution is 5.89. The lowest BCUT2D eigenvalue weighted by Crippen LogP contribution is -2.29. The van der Waals surface area contributed by atoms with Crippen LogP contribution in [0.1, 0.15) is 40.0 Å². The number of rotatable bonds is 11. The number of amides is 1. The van der Waals surface area contributed by atoms with E-state index in [-0.39, 0.29) is 62.2 Å². The summed E-state index contributed by atoms with van der Waals surface area (Å²) in [6.45, 7) is 4.66. The molecule has 0 aliphatic carbocycles. The van der Waals surface area contributed by atoms with Crippen molar-refractivity contribution < 1.29 is 28.6 Å². The molecule has 0 fully saturated rings. The number of anilines is 1. The summed E-state index contributed by atoms with van der Waals surface area (Å²) in [5.41, 5.74) is -0.255. The van der Waals surface area contributed by atoms with E-state index in [9.17, 15) is 19.2 Å². The van der Waals surface area contributed by atoms with Crippen LogP contribution in [0.25, 0.3) is 11.2 Å². The minimum atomic E-state index is -0.727. The summed E-state index contributed by atoms with van der Waals surface area (Å²) in [6, 6.07) is 0. The zero-order valence-corrected chi connectivity index (χ0v) is 17.1. The number of H-pyrrole nitrogens is 1. The Balaban J connectivity index is 2.14. The summed E-state index contributed by atoms with van der Waals surface area (Å²) in [6.07, 6.45) is 1.25. The maximum absolute atomic E-state index is 12.2. The molecule has 2 N–H and O–H groups in total. The molecule has 12 heteroatoms. The second-order valence-electron chi connectivity index (χ2n) is 6.19. The molecule has 0 saturated heterocycles. The van der Waals surface area contributed by atoms with Crippen LogP contribution < -0.4 is 10.9 Å². The molecule has 1 amide bonds. The molecule has 2 rings (SSSR count). The summed E-state index contributed by atoms with van der Waals surface area (Å²) in [4.78, 5) is 57.2. The average Bonchev–Trinajstić information content (AvgIpc) is 3.15. The summed E-state index contributed by atoms with van der Waals surface area (Å²) >= 11 is 0. The minimum absolute atomic E-state index is 0.00796. The van der Waals surface area contributed by atoms with Crippen LogP contribution in [0.15, 0.2) is 11.1 Å². The fraction of sp³-hybridized carbons (Fsp3) is 0.556. The van der Waals surface area contributed by atoms with Gasteiger partial charge in [-0.05, 0) is 0 Å². The van der Waals surface area contributed by atoms with E-state index >= 15 is 0 Å². The van der Waals surface area contributed by atoms with Crippen LogP contribution in [0, 0.1) is 0 Å². The lowest BCUT2D eigenvalue weighted by molar-refractivity contribution is -0.157. The van der Waals surface area contributed by atoms with E-state index in [1.54, 1.807) is 20.8 Å². The highest BCUT2D eigenvalue weighted by atomic mass is 16.6. The van der Waals surface area contributed by atoms with Gasteiger partial charge in [-0.15, -0.1) is 0 Å². The third-order valence-electron chi connectivity index (χ3n) is 3.94. The average molecular weight is 426 g/mol. The summed E-state index contributed by atoms with van der Waals surface area (Å²) in [5, 5.41) is 2.48. The maximum atomic E-state index is 12.2. The molecule has 2 heterocycles. The molecule has 0 aliphatic rings. The molecule has 2 aromatic rings. The smallest absolute Gasteiger partial charge is 0.305 e. The van der Waals surface area contributed by atoms with Crippen molar-refractivity contribution in [2.45, 2.75) is 52.9 Å². The van der Waals surface area contributed by atoms with E-state index in [2.05, 4.69) is 20.3 Å². The lowest BCUT2D eigenvalue weighted by Gasteiger charge is -2.18. The first-order valence-electron chi connectivity index (χ1n) is 9.55. The van der Waals surface area contributed by atoms with Crippen LogP contribution in [0.2, 0.25) is 0 Å². The molecule has 0 bridgehead atoms. The Morgan fingerprint density at radius 3 is 2.30 bits per heavy atom. The highest BCUT2D eigenvalue weighted by Gasteiger charge is 2.17. The second kappa shape index (κ2) is 11.0. The quantitative estimate of drug-likeness (QED) is 0.494. The van der Waals surface area contributed by atoms with E-state index in [1.807, 2.05) is 0 Å². The van der Waals surface area contributed by atoms with Crippen LogP contribution in [0.4, 0.5) is 5.95 Å². The van der Waals surface area contributed by atoms with Gasteiger partial charge >= 0.3 is 11.9 Å². The summed E-state index contributed by atoms with van der Waals surface area (Å²) < 4.78 is 17.3. The lowest BCUT2D eigenvalue weighted by atomic mass is 10.4. The van der Waals surface area contributed by atoms with E-state index in [4.69, 9.17) is 14.2 Å². The van der Waals surface area contributed by atoms with Crippen molar-refractivity contribution in [2.24, 2.45) is 0 Å². The minimum Gasteiger partial charge on any atom is -0.463 e. The Bertz CT molecular complexity index is 932. The Hall–Kier alpha value is -3.28. The molecule has 0 atom stereocenters. The van der Waals surface area contributed by atoms with Crippen molar-refractivity contribution in [3.05, 3.63) is 16.7 Å². The van der Waals surface area contributed by atoms with Crippen LogP contribution in [0.5, 0.6) is 0 Å². The number of carbonyl (C=O) groups excluding carboxylic acids is 3. The first-order valence-corrected chi connectivity index (χ1v) is 9.55. The molecule has 0 radical (unpaired) electrons. The van der Waals surface area contributed by atoms with Gasteiger partial charge in [0.2, 0.25) is 11.9 Å². The number of nitrogens with zero attached hydrogens (tertiary/aromatic N) is 3. The number of fused-ring (bicyclic) bond motifs is 1. The summed E-state index contributed by atoms with van der Waals surface area (Å²) in [7, 11) is 0. The SMILES string of the molecule is CCC(=O)Nc1nc2c([15n][13cH][15n]2COC(COC(=O)CC)COC(=O)CC)c(=O)[nH]1. The Morgan fingerprint density at radius 1 is 1.10 bits per heavy atom. The van der Waals surface area contributed by atoms with Crippen molar-refractivity contribution >= 4 is 35.0 Å². The molecule has 0 unspecified atom stereocenters. The van der Waals surface area contributed by atoms with Gasteiger partial charge in [-0.3, -0.25) is 34.0 Å². The molecular weight excluding hydrogens is 401 g/mol. The number of hydrogen-bond donors (Lipinski definition) is 2. The van der Waals surface area contributed by atoms with E-state index in [0.29, 0.717) is 0 Å². The zero-order chi connectivity index (χ0) is 22.1. The number of aromatic nitrogens is 4. The Morgan fingerprint density at radius 2 is 1.73 bits per heavy atom. The van der Waals surface area contributed by atoms with Gasteiger partial charge in [0.05, 0.1) is 6.33 Å². The van der Waals surface area contributed by atoms with Gasteiger partial charge in [0, 0.05) is 19.3 Å². The third kappa shape index (κ3) is 6.37. The number of esters is 2. The fourth-order valence-corrected chi connectivity index (χ4v) is 2.23. The number of hydrogen-bond acceptors (Lipinski definition) is 9. The second-order valence-corrected chi connectivity index (χ2v) is 6.19. The van der Waals surface area contributed by atoms with Gasteiger partial charge in [0.1, 0.15) is 26.0 Å². The van der Waals surface area contributed by atoms with Gasteiger partial charge in [0.25, 0.3) is 5.56 Å². The van der Waals surface area contributed by atoms with Crippen molar-refractivity contribution in [2.75, 3.05) is 18.5 Å². The molecular formula is C18H25N5O7. The van der Waals surface area contributed by atoms with Crippen molar-refractivity contribution in [3.8, 4) is 0 Å². The van der Waals surface area contributed by atoms with Gasteiger partial charge in [-0.1, -0.05) is 20.8 Å². The first-order chi connectivity index (χ1) is 14.4. The molecule has 0 spiro atoms. The van der Waals surface area contributed by atoms with Gasteiger partial charge < -0.3 is 14.2 Å². The molecule has 164 valence electrons. The van der Waals surface area contributed by atoms with Crippen molar-refractivity contribution in [3.63, 3.8) is 0 Å². The van der Waals surface area contributed by atoms with E-state index in [1.165, 1.54) is 10.9 Å². The van der Waals surface area contributed by atoms with Gasteiger partial charge in [-0.2, -0.15) is 4.98 Å². The molecule has 0 aliphatic heterocycles. The largest absolute Gasteiger partial charge is 0.463 e. The Labute approximate surface area is 171 Å². The third-order valence-corrected chi connectivity index (χ3v) is 3.94. The monoisotopic (exact) mass is 426 g/mol. The normalized spacial score (nSPS) is 10.9. The predicted octanol–water partition coefficient (Wildman–Crippen LogP) is 0.717. The van der Waals surface area contributed by atoms with Crippen LogP contribution >= 0.6 is 0 Å². The fourth-order valence-electron chi connectivity index (χ4n) is 2.23. The molecule has 0 aromatic carbocycles. The number of imidazole rings is 1. The number of aromatic amines is 1. The maximum Gasteiger partial charge on any atom is 0.305 e. The van der Waals surface area contributed by atoms with Crippen LogP contribution in [-0.2, 0) is 35.3 Å². The molecule has 2 aromatic heterocycles. The first kappa shape index (κ1) is 23.0. The molecule has 0 saturated carbocycles. The topological polar surface area (TPSA) is 154 Å². The highest BCUT2D eigenvalue weighted by Crippen LogP contribution is 2.10. The Kier molecular flexibility index (Phi) is 8.47. The van der Waals surface area contributed by atoms with Crippen molar-refractivity contribution in [1.29, 1.82) is 0 Å². The van der Waals surface area contributed by atoms with Gasteiger partial charge in [0.15, 0.2) is 11.2 Å². The van der Waals surface area contributed by atoms with Crippen molar-refractivity contribution in [1.82, 2.24) is 19.5 Å². The predicted molar refractivity (Wildman–Crippen MR) is 104 cm³/mol. The van der Waals surface area contributed by atoms with Crippen LogP contribution in [-0.4, -0.2) is 56.7 Å². The van der Waals surface area contributed by atoms with Crippen LogP contribution in [0.3, 0.4) is 0 Å². The standard InChI is InChI=1S/C18H25N5O7/c1-4-12(24)20-18-21-16-15(17(27)22-18)19-9-23(16)10-30-11(7-28-13(25)5-2)8-29-14(26)6-3/h9,11H,4-8,10H2,1-3H3,(H2,20,21,22,24,27)/i9+1,19+1,23+1. The number of carbonyl (C=O) groups is 3. The number of ether oxygens (including phenoxy) is 3.